The van der Waals surface area contributed by atoms with E-state index in [1.54, 1.807) is 31.2 Å². The maximum Gasteiger partial charge on any atom is 0.513 e. The van der Waals surface area contributed by atoms with E-state index >= 15 is 0 Å². The van der Waals surface area contributed by atoms with Crippen molar-refractivity contribution in [2.75, 3.05) is 11.9 Å². The standard InChI is InChI=1S/C25H23BrN2O5/c1-2-32-25(31)33-21-13-9-18(10-14-21)24(30)27-16-17-7-11-20(12-8-17)28-23(29)15-19-5-3-4-6-22(19)26/h3-14H,2,15-16H2,1H3,(H,27,30)(H,28,29). The average molecular weight is 511 g/mol. The number of ether oxygens (including phenoxy) is 2. The minimum Gasteiger partial charge on any atom is -0.434 e. The average Bonchev–Trinajstić information content (AvgIpc) is 2.80. The van der Waals surface area contributed by atoms with Crippen molar-refractivity contribution in [3.63, 3.8) is 0 Å². The monoisotopic (exact) mass is 510 g/mol. The van der Waals surface area contributed by atoms with Gasteiger partial charge in [-0.05, 0) is 60.5 Å². The summed E-state index contributed by atoms with van der Waals surface area (Å²) in [5.74, 6) is -0.0795. The number of nitrogens with one attached hydrogen (secondary N) is 2. The summed E-state index contributed by atoms with van der Waals surface area (Å²) in [7, 11) is 0. The van der Waals surface area contributed by atoms with E-state index in [-0.39, 0.29) is 24.8 Å². The molecule has 3 aromatic carbocycles. The third-order valence-electron chi connectivity index (χ3n) is 4.58. The lowest BCUT2D eigenvalue weighted by molar-refractivity contribution is -0.115. The molecule has 3 aromatic rings. The molecule has 0 aliphatic heterocycles. The van der Waals surface area contributed by atoms with E-state index in [1.165, 1.54) is 12.1 Å². The highest BCUT2D eigenvalue weighted by Gasteiger charge is 2.09. The predicted molar refractivity (Wildman–Crippen MR) is 128 cm³/mol. The molecule has 0 aliphatic carbocycles. The van der Waals surface area contributed by atoms with E-state index < -0.39 is 6.16 Å². The zero-order valence-electron chi connectivity index (χ0n) is 18.0. The van der Waals surface area contributed by atoms with E-state index in [4.69, 9.17) is 9.47 Å². The van der Waals surface area contributed by atoms with Gasteiger partial charge in [0, 0.05) is 22.3 Å². The number of amides is 2. The molecule has 2 N–H and O–H groups in total. The van der Waals surface area contributed by atoms with E-state index in [2.05, 4.69) is 26.6 Å². The molecule has 8 heteroatoms. The first-order valence-corrected chi connectivity index (χ1v) is 11.1. The Labute approximate surface area is 200 Å². The van der Waals surface area contributed by atoms with Gasteiger partial charge >= 0.3 is 6.16 Å². The summed E-state index contributed by atoms with van der Waals surface area (Å²) < 4.78 is 10.6. The molecule has 0 aromatic heterocycles. The third kappa shape index (κ3) is 7.47. The number of hydrogen-bond acceptors (Lipinski definition) is 5. The fourth-order valence-corrected chi connectivity index (χ4v) is 3.35. The van der Waals surface area contributed by atoms with Crippen LogP contribution in [0.25, 0.3) is 0 Å². The quantitative estimate of drug-likeness (QED) is 0.325. The maximum absolute atomic E-state index is 12.4. The lowest BCUT2D eigenvalue weighted by Gasteiger charge is -2.09. The Morgan fingerprint density at radius 2 is 1.61 bits per heavy atom. The van der Waals surface area contributed by atoms with E-state index in [1.807, 2.05) is 36.4 Å². The summed E-state index contributed by atoms with van der Waals surface area (Å²) >= 11 is 3.44. The van der Waals surface area contributed by atoms with Crippen LogP contribution in [0.3, 0.4) is 0 Å². The third-order valence-corrected chi connectivity index (χ3v) is 5.35. The van der Waals surface area contributed by atoms with Crippen molar-refractivity contribution >= 4 is 39.6 Å². The molecular weight excluding hydrogens is 488 g/mol. The van der Waals surface area contributed by atoms with Crippen molar-refractivity contribution in [2.45, 2.75) is 19.9 Å². The maximum atomic E-state index is 12.4. The van der Waals surface area contributed by atoms with Crippen LogP contribution in [0, 0.1) is 0 Å². The van der Waals surface area contributed by atoms with Crippen LogP contribution in [-0.2, 0) is 22.5 Å². The molecule has 170 valence electrons. The molecule has 0 unspecified atom stereocenters. The first-order chi connectivity index (χ1) is 15.9. The van der Waals surface area contributed by atoms with Crippen molar-refractivity contribution < 1.29 is 23.9 Å². The highest BCUT2D eigenvalue weighted by atomic mass is 79.9. The first kappa shape index (κ1) is 24.0. The minimum atomic E-state index is -0.790. The summed E-state index contributed by atoms with van der Waals surface area (Å²) in [6.45, 7) is 2.23. The Kier molecular flexibility index (Phi) is 8.60. The van der Waals surface area contributed by atoms with Crippen molar-refractivity contribution in [2.24, 2.45) is 0 Å². The number of rotatable bonds is 8. The highest BCUT2D eigenvalue weighted by molar-refractivity contribution is 9.10. The molecule has 0 spiro atoms. The highest BCUT2D eigenvalue weighted by Crippen LogP contribution is 2.18. The van der Waals surface area contributed by atoms with Crippen LogP contribution >= 0.6 is 15.9 Å². The van der Waals surface area contributed by atoms with Gasteiger partial charge in [0.05, 0.1) is 13.0 Å². The molecule has 2 amide bonds. The lowest BCUT2D eigenvalue weighted by atomic mass is 10.1. The fraction of sp³-hybridized carbons (Fsp3) is 0.160. The van der Waals surface area contributed by atoms with Crippen LogP contribution in [0.1, 0.15) is 28.4 Å². The fourth-order valence-electron chi connectivity index (χ4n) is 2.93. The van der Waals surface area contributed by atoms with Gasteiger partial charge in [-0.25, -0.2) is 4.79 Å². The molecule has 0 heterocycles. The van der Waals surface area contributed by atoms with Crippen LogP contribution in [0.4, 0.5) is 10.5 Å². The molecule has 0 fully saturated rings. The number of carbonyl (C=O) groups excluding carboxylic acids is 3. The van der Waals surface area contributed by atoms with Gasteiger partial charge in [0.2, 0.25) is 5.91 Å². The topological polar surface area (TPSA) is 93.7 Å². The van der Waals surface area contributed by atoms with Crippen LogP contribution in [0.2, 0.25) is 0 Å². The molecule has 0 saturated heterocycles. The van der Waals surface area contributed by atoms with Crippen LogP contribution in [0.15, 0.2) is 77.3 Å². The normalized spacial score (nSPS) is 10.2. The number of halogens is 1. The van der Waals surface area contributed by atoms with Crippen LogP contribution in [-0.4, -0.2) is 24.6 Å². The van der Waals surface area contributed by atoms with E-state index in [9.17, 15) is 14.4 Å². The zero-order valence-corrected chi connectivity index (χ0v) is 19.6. The largest absolute Gasteiger partial charge is 0.513 e. The van der Waals surface area contributed by atoms with E-state index in [0.29, 0.717) is 23.5 Å². The Morgan fingerprint density at radius 1 is 0.909 bits per heavy atom. The summed E-state index contributed by atoms with van der Waals surface area (Å²) in [4.78, 5) is 36.0. The Bertz CT molecular complexity index is 1110. The number of hydrogen-bond donors (Lipinski definition) is 2. The Hall–Kier alpha value is -3.65. The second kappa shape index (κ2) is 11.8. The van der Waals surface area contributed by atoms with Gasteiger partial charge in [0.15, 0.2) is 0 Å². The predicted octanol–water partition coefficient (Wildman–Crippen LogP) is 5.10. The molecular formula is C25H23BrN2O5. The smallest absolute Gasteiger partial charge is 0.434 e. The Balaban J connectivity index is 1.47. The molecule has 0 aliphatic rings. The second-order valence-corrected chi connectivity index (χ2v) is 7.86. The molecule has 33 heavy (non-hydrogen) atoms. The van der Waals surface area contributed by atoms with Gasteiger partial charge in [-0.1, -0.05) is 46.3 Å². The van der Waals surface area contributed by atoms with Gasteiger partial charge in [0.1, 0.15) is 5.75 Å². The van der Waals surface area contributed by atoms with Crippen molar-refractivity contribution in [1.29, 1.82) is 0 Å². The first-order valence-electron chi connectivity index (χ1n) is 10.3. The summed E-state index contributed by atoms with van der Waals surface area (Å²) in [6, 6.07) is 21.0. The molecule has 0 saturated carbocycles. The Morgan fingerprint density at radius 3 is 2.27 bits per heavy atom. The number of carbonyl (C=O) groups is 3. The van der Waals surface area contributed by atoms with Crippen molar-refractivity contribution in [3.8, 4) is 5.75 Å². The van der Waals surface area contributed by atoms with Crippen LogP contribution in [0.5, 0.6) is 5.75 Å². The van der Waals surface area contributed by atoms with Crippen LogP contribution < -0.4 is 15.4 Å². The summed E-state index contributed by atoms with van der Waals surface area (Å²) in [6.07, 6.45) is -0.523. The van der Waals surface area contributed by atoms with Gasteiger partial charge in [-0.3, -0.25) is 9.59 Å². The molecule has 0 radical (unpaired) electrons. The minimum absolute atomic E-state index is 0.113. The van der Waals surface area contributed by atoms with Gasteiger partial charge in [-0.15, -0.1) is 0 Å². The van der Waals surface area contributed by atoms with Gasteiger partial charge in [-0.2, -0.15) is 0 Å². The zero-order chi connectivity index (χ0) is 23.6. The second-order valence-electron chi connectivity index (χ2n) is 7.01. The summed E-state index contributed by atoms with van der Waals surface area (Å²) in [5, 5.41) is 5.70. The molecule has 0 bridgehead atoms. The molecule has 0 atom stereocenters. The van der Waals surface area contributed by atoms with Crippen molar-refractivity contribution in [3.05, 3.63) is 94.0 Å². The van der Waals surface area contributed by atoms with Gasteiger partial charge < -0.3 is 20.1 Å². The number of benzene rings is 3. The number of anilines is 1. The molecule has 7 nitrogen and oxygen atoms in total. The van der Waals surface area contributed by atoms with E-state index in [0.717, 1.165) is 15.6 Å². The van der Waals surface area contributed by atoms with Gasteiger partial charge in [0.25, 0.3) is 5.91 Å². The summed E-state index contributed by atoms with van der Waals surface area (Å²) in [5.41, 5.74) is 2.91. The lowest BCUT2D eigenvalue weighted by Crippen LogP contribution is -2.22. The SMILES string of the molecule is CCOC(=O)Oc1ccc(C(=O)NCc2ccc(NC(=O)Cc3ccccc3Br)cc2)cc1. The van der Waals surface area contributed by atoms with Crippen molar-refractivity contribution in [1.82, 2.24) is 5.32 Å². The molecule has 3 rings (SSSR count).